The van der Waals surface area contributed by atoms with Crippen molar-refractivity contribution >= 4 is 23.2 Å². The van der Waals surface area contributed by atoms with Crippen molar-refractivity contribution in [3.8, 4) is 17.0 Å². The standard InChI is InChI=1S/C19H16ClN3O3/c1-26-14-6-4-5-13(11-14)16-9-10-19(25)23(22-16)12-18(24)21-17-8-3-2-7-15(17)20/h2-11H,12H2,1H3,(H,21,24). The molecule has 26 heavy (non-hydrogen) atoms. The van der Waals surface area contributed by atoms with Crippen LogP contribution in [-0.4, -0.2) is 22.8 Å². The third-order valence-electron chi connectivity index (χ3n) is 3.67. The maximum Gasteiger partial charge on any atom is 0.267 e. The van der Waals surface area contributed by atoms with E-state index in [2.05, 4.69) is 10.4 Å². The molecule has 0 unspecified atom stereocenters. The van der Waals surface area contributed by atoms with Crippen LogP contribution >= 0.6 is 11.6 Å². The zero-order valence-corrected chi connectivity index (χ0v) is 14.7. The van der Waals surface area contributed by atoms with E-state index in [4.69, 9.17) is 16.3 Å². The van der Waals surface area contributed by atoms with Gasteiger partial charge in [0.05, 0.1) is 23.5 Å². The molecule has 3 rings (SSSR count). The number of carbonyl (C=O) groups is 1. The van der Waals surface area contributed by atoms with Crippen LogP contribution in [0.3, 0.4) is 0 Å². The Labute approximate surface area is 155 Å². The molecule has 1 N–H and O–H groups in total. The maximum atomic E-state index is 12.2. The fourth-order valence-corrected chi connectivity index (χ4v) is 2.57. The zero-order chi connectivity index (χ0) is 18.5. The minimum atomic E-state index is -0.393. The number of aromatic nitrogens is 2. The Kier molecular flexibility index (Phi) is 5.34. The monoisotopic (exact) mass is 369 g/mol. The number of halogens is 1. The van der Waals surface area contributed by atoms with Crippen LogP contribution in [0.2, 0.25) is 5.02 Å². The minimum Gasteiger partial charge on any atom is -0.497 e. The largest absolute Gasteiger partial charge is 0.497 e. The highest BCUT2D eigenvalue weighted by molar-refractivity contribution is 6.33. The summed E-state index contributed by atoms with van der Waals surface area (Å²) in [5.74, 6) is 0.286. The molecule has 0 aliphatic rings. The van der Waals surface area contributed by atoms with E-state index >= 15 is 0 Å². The number of ether oxygens (including phenoxy) is 1. The number of benzene rings is 2. The predicted molar refractivity (Wildman–Crippen MR) is 101 cm³/mol. The number of nitrogens with one attached hydrogen (secondary N) is 1. The average Bonchev–Trinajstić information content (AvgIpc) is 2.65. The molecule has 1 aromatic heterocycles. The van der Waals surface area contributed by atoms with Crippen LogP contribution in [0.1, 0.15) is 0 Å². The molecule has 6 nitrogen and oxygen atoms in total. The Hall–Kier alpha value is -3.12. The molecule has 2 aromatic carbocycles. The second-order valence-corrected chi connectivity index (χ2v) is 5.88. The van der Waals surface area contributed by atoms with Gasteiger partial charge >= 0.3 is 0 Å². The first-order valence-corrected chi connectivity index (χ1v) is 8.21. The number of rotatable bonds is 5. The minimum absolute atomic E-state index is 0.220. The highest BCUT2D eigenvalue weighted by atomic mass is 35.5. The van der Waals surface area contributed by atoms with Gasteiger partial charge in [0.15, 0.2) is 0 Å². The molecule has 7 heteroatoms. The number of amides is 1. The Balaban J connectivity index is 1.83. The Morgan fingerprint density at radius 1 is 1.15 bits per heavy atom. The van der Waals surface area contributed by atoms with Gasteiger partial charge in [0.25, 0.3) is 5.56 Å². The fraction of sp³-hybridized carbons (Fsp3) is 0.105. The normalized spacial score (nSPS) is 10.4. The number of carbonyl (C=O) groups excluding carboxylic acids is 1. The number of hydrogen-bond acceptors (Lipinski definition) is 4. The highest BCUT2D eigenvalue weighted by Crippen LogP contribution is 2.22. The van der Waals surface area contributed by atoms with Crippen molar-refractivity contribution in [3.63, 3.8) is 0 Å². The Morgan fingerprint density at radius 2 is 1.96 bits per heavy atom. The van der Waals surface area contributed by atoms with E-state index in [0.29, 0.717) is 22.2 Å². The maximum absolute atomic E-state index is 12.2. The summed E-state index contributed by atoms with van der Waals surface area (Å²) in [5.41, 5.74) is 1.46. The first kappa shape index (κ1) is 17.7. The summed E-state index contributed by atoms with van der Waals surface area (Å²) in [5, 5.41) is 7.37. The van der Waals surface area contributed by atoms with Crippen LogP contribution in [0.15, 0.2) is 65.5 Å². The van der Waals surface area contributed by atoms with Crippen molar-refractivity contribution in [2.24, 2.45) is 0 Å². The molecule has 0 bridgehead atoms. The van der Waals surface area contributed by atoms with Gasteiger partial charge in [-0.2, -0.15) is 5.10 Å². The lowest BCUT2D eigenvalue weighted by Crippen LogP contribution is -2.29. The summed E-state index contributed by atoms with van der Waals surface area (Å²) in [6, 6.07) is 17.2. The topological polar surface area (TPSA) is 73.2 Å². The number of anilines is 1. The molecule has 0 fully saturated rings. The third-order valence-corrected chi connectivity index (χ3v) is 4.00. The van der Waals surface area contributed by atoms with Gasteiger partial charge in [-0.3, -0.25) is 9.59 Å². The van der Waals surface area contributed by atoms with Crippen molar-refractivity contribution in [3.05, 3.63) is 76.0 Å². The molecular formula is C19H16ClN3O3. The van der Waals surface area contributed by atoms with E-state index < -0.39 is 5.91 Å². The molecular weight excluding hydrogens is 354 g/mol. The lowest BCUT2D eigenvalue weighted by Gasteiger charge is -2.09. The van der Waals surface area contributed by atoms with Crippen molar-refractivity contribution in [2.75, 3.05) is 12.4 Å². The van der Waals surface area contributed by atoms with Crippen LogP contribution in [0.25, 0.3) is 11.3 Å². The second kappa shape index (κ2) is 7.84. The van der Waals surface area contributed by atoms with Gasteiger partial charge in [0.1, 0.15) is 12.3 Å². The summed E-state index contributed by atoms with van der Waals surface area (Å²) < 4.78 is 6.31. The zero-order valence-electron chi connectivity index (χ0n) is 14.0. The fourth-order valence-electron chi connectivity index (χ4n) is 2.39. The van der Waals surface area contributed by atoms with Crippen molar-refractivity contribution in [1.29, 1.82) is 0 Å². The van der Waals surface area contributed by atoms with E-state index in [1.165, 1.54) is 6.07 Å². The molecule has 0 atom stereocenters. The molecule has 132 valence electrons. The predicted octanol–water partition coefficient (Wildman–Crippen LogP) is 3.21. The summed E-state index contributed by atoms with van der Waals surface area (Å²) in [7, 11) is 1.58. The molecule has 0 aliphatic carbocycles. The van der Waals surface area contributed by atoms with Gasteiger partial charge in [-0.05, 0) is 30.3 Å². The molecule has 1 heterocycles. The van der Waals surface area contributed by atoms with E-state index in [1.807, 2.05) is 18.2 Å². The van der Waals surface area contributed by atoms with Crippen LogP contribution in [0.4, 0.5) is 5.69 Å². The van der Waals surface area contributed by atoms with E-state index in [0.717, 1.165) is 10.2 Å². The summed E-state index contributed by atoms with van der Waals surface area (Å²) in [6.07, 6.45) is 0. The lowest BCUT2D eigenvalue weighted by atomic mass is 10.1. The molecule has 0 saturated heterocycles. The van der Waals surface area contributed by atoms with Gasteiger partial charge in [0.2, 0.25) is 5.91 Å². The van der Waals surface area contributed by atoms with Crippen LogP contribution < -0.4 is 15.6 Å². The Bertz CT molecular complexity index is 1000. The van der Waals surface area contributed by atoms with Crippen molar-refractivity contribution in [1.82, 2.24) is 9.78 Å². The van der Waals surface area contributed by atoms with E-state index in [9.17, 15) is 9.59 Å². The van der Waals surface area contributed by atoms with Crippen LogP contribution in [0.5, 0.6) is 5.75 Å². The molecule has 0 radical (unpaired) electrons. The van der Waals surface area contributed by atoms with Crippen molar-refractivity contribution < 1.29 is 9.53 Å². The molecule has 0 saturated carbocycles. The average molecular weight is 370 g/mol. The molecule has 1 amide bonds. The first-order chi connectivity index (χ1) is 12.6. The van der Waals surface area contributed by atoms with Gasteiger partial charge < -0.3 is 10.1 Å². The van der Waals surface area contributed by atoms with Crippen molar-refractivity contribution in [2.45, 2.75) is 6.54 Å². The van der Waals surface area contributed by atoms with Crippen LogP contribution in [-0.2, 0) is 11.3 Å². The van der Waals surface area contributed by atoms with E-state index in [-0.39, 0.29) is 12.1 Å². The van der Waals surface area contributed by atoms with Crippen LogP contribution in [0, 0.1) is 0 Å². The van der Waals surface area contributed by atoms with Gasteiger partial charge in [-0.25, -0.2) is 4.68 Å². The van der Waals surface area contributed by atoms with E-state index in [1.54, 1.807) is 43.5 Å². The lowest BCUT2D eigenvalue weighted by molar-refractivity contribution is -0.117. The SMILES string of the molecule is COc1cccc(-c2ccc(=O)n(CC(=O)Nc3ccccc3Cl)n2)c1. The van der Waals surface area contributed by atoms with Gasteiger partial charge in [-0.15, -0.1) is 0 Å². The summed E-state index contributed by atoms with van der Waals surface area (Å²) >= 11 is 6.03. The highest BCUT2D eigenvalue weighted by Gasteiger charge is 2.10. The Morgan fingerprint density at radius 3 is 2.73 bits per heavy atom. The van der Waals surface area contributed by atoms with Gasteiger partial charge in [0, 0.05) is 11.6 Å². The quantitative estimate of drug-likeness (QED) is 0.749. The number of nitrogens with zero attached hydrogens (tertiary/aromatic N) is 2. The number of methoxy groups -OCH3 is 1. The second-order valence-electron chi connectivity index (χ2n) is 5.47. The summed E-state index contributed by atoms with van der Waals surface area (Å²) in [4.78, 5) is 24.3. The smallest absolute Gasteiger partial charge is 0.267 e. The first-order valence-electron chi connectivity index (χ1n) is 7.84. The molecule has 3 aromatic rings. The molecule has 0 spiro atoms. The summed E-state index contributed by atoms with van der Waals surface area (Å²) in [6.45, 7) is -0.220. The molecule has 0 aliphatic heterocycles. The number of hydrogen-bond donors (Lipinski definition) is 1. The third kappa shape index (κ3) is 4.10. The number of para-hydroxylation sites is 1. The van der Waals surface area contributed by atoms with Gasteiger partial charge in [-0.1, -0.05) is 35.9 Å².